The summed E-state index contributed by atoms with van der Waals surface area (Å²) >= 11 is -2.63. The van der Waals surface area contributed by atoms with Gasteiger partial charge in [-0.15, -0.1) is 11.5 Å². The van der Waals surface area contributed by atoms with Crippen molar-refractivity contribution in [3.8, 4) is 23.9 Å². The molecule has 1 unspecified atom stereocenters. The Kier molecular flexibility index (Phi) is 7.74. The maximum Gasteiger partial charge on any atom is 0.456 e. The molecule has 0 radical (unpaired) electrons. The number of benzene rings is 1. The first-order valence-electron chi connectivity index (χ1n) is 8.66. The fourth-order valence-corrected chi connectivity index (χ4v) is 3.52. The highest BCUT2D eigenvalue weighted by atomic mass is 32.2. The molecule has 1 aromatic heterocycles. The third-order valence-electron chi connectivity index (χ3n) is 3.89. The normalized spacial score (nSPS) is 13.5. The Morgan fingerprint density at radius 2 is 1.79 bits per heavy atom. The van der Waals surface area contributed by atoms with Crippen LogP contribution in [0.4, 0.5) is 45.3 Å². The summed E-state index contributed by atoms with van der Waals surface area (Å²) in [5, 5.41) is 6.08. The second-order valence-electron chi connectivity index (χ2n) is 6.50. The maximum atomic E-state index is 14.6. The molecular weight excluding hydrogens is 493 g/mol. The Bertz CT molecular complexity index is 1030. The van der Waals surface area contributed by atoms with E-state index in [9.17, 15) is 44.1 Å². The maximum absolute atomic E-state index is 14.6. The molecular formula is C18H14F9N3O2S. The molecule has 0 fully saturated rings. The number of aromatic nitrogens is 2. The zero-order valence-corrected chi connectivity index (χ0v) is 17.3. The summed E-state index contributed by atoms with van der Waals surface area (Å²) in [7, 11) is 0. The van der Waals surface area contributed by atoms with Crippen molar-refractivity contribution in [3.63, 3.8) is 0 Å². The van der Waals surface area contributed by atoms with Crippen LogP contribution >= 0.6 is 0 Å². The van der Waals surface area contributed by atoms with Crippen molar-refractivity contribution in [1.29, 1.82) is 0 Å². The quantitative estimate of drug-likeness (QED) is 0.322. The van der Waals surface area contributed by atoms with Crippen LogP contribution in [-0.4, -0.2) is 51.5 Å². The van der Waals surface area contributed by atoms with Crippen molar-refractivity contribution < 1.29 is 48.8 Å². The van der Waals surface area contributed by atoms with E-state index in [1.807, 2.05) is 0 Å². The molecule has 0 aliphatic carbocycles. The zero-order chi connectivity index (χ0) is 25.2. The molecule has 1 atom stereocenters. The summed E-state index contributed by atoms with van der Waals surface area (Å²) in [4.78, 5) is -0.395. The number of nitrogens with one attached hydrogen (secondary N) is 1. The highest BCUT2D eigenvalue weighted by Gasteiger charge is 2.58. The second-order valence-corrected chi connectivity index (χ2v) is 7.92. The molecule has 1 heterocycles. The standard InChI is InChI=1S/C18H14F9N3O2S/c1-3-4-28-14-7-15(32-8-16(20,21)18(25,26)27)29-30(14)12-6-13(10(2)5-11(12)19)33(31)9-17(22,23)24/h1,5-7,28H,4,8-9H2,2H3. The van der Waals surface area contributed by atoms with Gasteiger partial charge in [0.2, 0.25) is 11.6 Å². The van der Waals surface area contributed by atoms with E-state index >= 15 is 0 Å². The van der Waals surface area contributed by atoms with Crippen molar-refractivity contribution in [2.75, 3.05) is 24.2 Å². The molecule has 1 aromatic carbocycles. The minimum atomic E-state index is -5.90. The first-order valence-corrected chi connectivity index (χ1v) is 9.98. The minimum Gasteiger partial charge on any atom is -0.611 e. The SMILES string of the molecule is C#CCNc1cc(OCC(F)(F)C(F)(F)F)nn1-c1cc([S+]([O-])CC(F)(F)F)c(C)cc1F. The molecule has 15 heteroatoms. The predicted molar refractivity (Wildman–Crippen MR) is 99.4 cm³/mol. The molecule has 0 spiro atoms. The summed E-state index contributed by atoms with van der Waals surface area (Å²) in [6, 6.07) is 2.38. The van der Waals surface area contributed by atoms with Crippen molar-refractivity contribution in [2.24, 2.45) is 0 Å². The average Bonchev–Trinajstić information content (AvgIpc) is 3.05. The molecule has 5 nitrogen and oxygen atoms in total. The third-order valence-corrected chi connectivity index (χ3v) is 5.41. The average molecular weight is 507 g/mol. The van der Waals surface area contributed by atoms with Gasteiger partial charge < -0.3 is 14.6 Å². The number of alkyl halides is 8. The molecule has 0 aliphatic rings. The molecule has 0 saturated carbocycles. The summed E-state index contributed by atoms with van der Waals surface area (Å²) in [6.45, 7) is -1.16. The molecule has 182 valence electrons. The first-order chi connectivity index (χ1) is 15.1. The van der Waals surface area contributed by atoms with Gasteiger partial charge in [0.25, 0.3) is 0 Å². The van der Waals surface area contributed by atoms with E-state index < -0.39 is 64.1 Å². The number of nitrogens with zero attached hydrogens (tertiary/aromatic N) is 2. The number of anilines is 1. The van der Waals surface area contributed by atoms with Gasteiger partial charge in [0.1, 0.15) is 17.3 Å². The van der Waals surface area contributed by atoms with E-state index in [0.717, 1.165) is 18.2 Å². The first kappa shape index (κ1) is 26.5. The van der Waals surface area contributed by atoms with Crippen LogP contribution in [0.15, 0.2) is 23.1 Å². The number of hydrogen-bond donors (Lipinski definition) is 1. The summed E-state index contributed by atoms with van der Waals surface area (Å²) in [5.41, 5.74) is -0.659. The Morgan fingerprint density at radius 3 is 2.33 bits per heavy atom. The molecule has 0 amide bonds. The summed E-state index contributed by atoms with van der Waals surface area (Å²) in [5.74, 6) is -6.92. The van der Waals surface area contributed by atoms with Crippen molar-refractivity contribution in [3.05, 3.63) is 29.6 Å². The topological polar surface area (TPSA) is 62.1 Å². The largest absolute Gasteiger partial charge is 0.611 e. The zero-order valence-electron chi connectivity index (χ0n) is 16.5. The molecule has 2 rings (SSSR count). The van der Waals surface area contributed by atoms with Gasteiger partial charge in [0.05, 0.1) is 6.54 Å². The van der Waals surface area contributed by atoms with E-state index in [4.69, 9.17) is 6.42 Å². The Balaban J connectivity index is 2.47. The van der Waals surface area contributed by atoms with Crippen LogP contribution in [0.2, 0.25) is 0 Å². The van der Waals surface area contributed by atoms with Crippen molar-refractivity contribution >= 4 is 17.0 Å². The molecule has 33 heavy (non-hydrogen) atoms. The van der Waals surface area contributed by atoms with Gasteiger partial charge in [0, 0.05) is 17.7 Å². The van der Waals surface area contributed by atoms with Crippen molar-refractivity contribution in [2.45, 2.75) is 30.1 Å². The number of terminal acetylenes is 1. The lowest BCUT2D eigenvalue weighted by Crippen LogP contribution is -2.41. The third kappa shape index (κ3) is 6.64. The summed E-state index contributed by atoms with van der Waals surface area (Å²) < 4.78 is 133. The Hall–Kier alpha value is -2.73. The Labute approximate surface area is 184 Å². The molecule has 0 saturated heterocycles. The van der Waals surface area contributed by atoms with Gasteiger partial charge in [0.15, 0.2) is 11.5 Å². The lowest BCUT2D eigenvalue weighted by molar-refractivity contribution is -0.290. The van der Waals surface area contributed by atoms with E-state index in [0.29, 0.717) is 4.68 Å². The smallest absolute Gasteiger partial charge is 0.456 e. The van der Waals surface area contributed by atoms with Crippen LogP contribution in [0.3, 0.4) is 0 Å². The molecule has 0 aliphatic heterocycles. The molecule has 1 N–H and O–H groups in total. The number of aryl methyl sites for hydroxylation is 1. The second kappa shape index (κ2) is 9.64. The monoisotopic (exact) mass is 507 g/mol. The number of ether oxygens (including phenoxy) is 1. The van der Waals surface area contributed by atoms with E-state index in [-0.39, 0.29) is 17.9 Å². The van der Waals surface area contributed by atoms with Crippen molar-refractivity contribution in [1.82, 2.24) is 9.78 Å². The van der Waals surface area contributed by atoms with Crippen LogP contribution in [0.25, 0.3) is 5.69 Å². The van der Waals surface area contributed by atoms with Gasteiger partial charge in [-0.05, 0) is 24.2 Å². The number of rotatable bonds is 8. The summed E-state index contributed by atoms with van der Waals surface area (Å²) in [6.07, 6.45) is -5.60. The van der Waals surface area contributed by atoms with Crippen LogP contribution in [-0.2, 0) is 11.2 Å². The highest BCUT2D eigenvalue weighted by Crippen LogP contribution is 2.36. The van der Waals surface area contributed by atoms with Gasteiger partial charge in [-0.25, -0.2) is 9.07 Å². The number of halogens is 9. The van der Waals surface area contributed by atoms with Gasteiger partial charge in [-0.2, -0.15) is 35.1 Å². The van der Waals surface area contributed by atoms with Crippen LogP contribution in [0, 0.1) is 25.1 Å². The van der Waals surface area contributed by atoms with E-state index in [1.54, 1.807) is 0 Å². The Morgan fingerprint density at radius 1 is 1.15 bits per heavy atom. The highest BCUT2D eigenvalue weighted by molar-refractivity contribution is 7.91. The van der Waals surface area contributed by atoms with Gasteiger partial charge in [-0.3, -0.25) is 0 Å². The fourth-order valence-electron chi connectivity index (χ4n) is 2.40. The van der Waals surface area contributed by atoms with Crippen LogP contribution < -0.4 is 10.1 Å². The number of hydrogen-bond acceptors (Lipinski definition) is 4. The van der Waals surface area contributed by atoms with E-state index in [2.05, 4.69) is 21.1 Å². The van der Waals surface area contributed by atoms with Gasteiger partial charge in [-0.1, -0.05) is 5.92 Å². The minimum absolute atomic E-state index is 0.0783. The van der Waals surface area contributed by atoms with Crippen LogP contribution in [0.1, 0.15) is 5.56 Å². The lowest BCUT2D eigenvalue weighted by Gasteiger charge is -2.18. The fraction of sp³-hybridized carbons (Fsp3) is 0.389. The van der Waals surface area contributed by atoms with Crippen LogP contribution in [0.5, 0.6) is 5.88 Å². The van der Waals surface area contributed by atoms with Gasteiger partial charge >= 0.3 is 18.3 Å². The predicted octanol–water partition coefficient (Wildman–Crippen LogP) is 4.61. The molecule has 0 bridgehead atoms. The van der Waals surface area contributed by atoms with E-state index in [1.165, 1.54) is 6.92 Å². The lowest BCUT2D eigenvalue weighted by atomic mass is 10.2. The molecule has 2 aromatic rings.